The highest BCUT2D eigenvalue weighted by Gasteiger charge is 2.15. The van der Waals surface area contributed by atoms with Gasteiger partial charge >= 0.3 is 0 Å². The van der Waals surface area contributed by atoms with Crippen LogP contribution in [0.2, 0.25) is 0 Å². The first-order valence-corrected chi connectivity index (χ1v) is 11.1. The summed E-state index contributed by atoms with van der Waals surface area (Å²) in [5, 5.41) is 0. The summed E-state index contributed by atoms with van der Waals surface area (Å²) in [7, 11) is 0. The molecule has 0 aliphatic heterocycles. The summed E-state index contributed by atoms with van der Waals surface area (Å²) in [6.45, 7) is 6.53. The average Bonchev–Trinajstić information content (AvgIpc) is 3.06. The van der Waals surface area contributed by atoms with Gasteiger partial charge in [-0.2, -0.15) is 0 Å². The molecule has 1 fully saturated rings. The van der Waals surface area contributed by atoms with Gasteiger partial charge in [0.05, 0.1) is 5.69 Å². The van der Waals surface area contributed by atoms with E-state index in [0.717, 1.165) is 18.0 Å². The number of benzene rings is 2. The summed E-state index contributed by atoms with van der Waals surface area (Å²) in [6.07, 6.45) is 9.92. The summed E-state index contributed by atoms with van der Waals surface area (Å²) in [4.78, 5) is 4.76. The van der Waals surface area contributed by atoms with Crippen LogP contribution >= 0.6 is 0 Å². The first kappa shape index (κ1) is 19.7. The molecule has 1 aliphatic rings. The fourth-order valence-electron chi connectivity index (χ4n) is 4.61. The summed E-state index contributed by atoms with van der Waals surface area (Å²) in [5.74, 6) is 0.750. The molecular formula is C27H32N2. The minimum Gasteiger partial charge on any atom is -0.318 e. The fraction of sp³-hybridized carbons (Fsp3) is 0.370. The van der Waals surface area contributed by atoms with Gasteiger partial charge in [-0.15, -0.1) is 0 Å². The summed E-state index contributed by atoms with van der Waals surface area (Å²) < 4.78 is 2.31. The molecule has 1 heterocycles. The Labute approximate surface area is 175 Å². The SMILES string of the molecule is CCc1ccc(-n2c(C)cc(C=Nc3ccc(C4CCCCC4)cc3)c2C)cc1. The highest BCUT2D eigenvalue weighted by Crippen LogP contribution is 2.33. The van der Waals surface area contributed by atoms with Crippen LogP contribution in [0.1, 0.15) is 73.0 Å². The highest BCUT2D eigenvalue weighted by atomic mass is 15.0. The van der Waals surface area contributed by atoms with Gasteiger partial charge < -0.3 is 4.57 Å². The lowest BCUT2D eigenvalue weighted by molar-refractivity contribution is 0.443. The zero-order valence-electron chi connectivity index (χ0n) is 18.0. The van der Waals surface area contributed by atoms with Crippen LogP contribution < -0.4 is 0 Å². The number of aliphatic imine (C=N–C) groups is 1. The number of nitrogens with zero attached hydrogens (tertiary/aromatic N) is 2. The Morgan fingerprint density at radius 3 is 2.28 bits per heavy atom. The van der Waals surface area contributed by atoms with Crippen LogP contribution in [0.25, 0.3) is 5.69 Å². The topological polar surface area (TPSA) is 17.3 Å². The Bertz CT molecular complexity index is 969. The molecule has 1 saturated carbocycles. The molecule has 0 bridgehead atoms. The number of rotatable bonds is 5. The smallest absolute Gasteiger partial charge is 0.0630 e. The number of hydrogen-bond donors (Lipinski definition) is 0. The van der Waals surface area contributed by atoms with Crippen molar-refractivity contribution < 1.29 is 0 Å². The van der Waals surface area contributed by atoms with Gasteiger partial charge in [0.2, 0.25) is 0 Å². The number of aromatic nitrogens is 1. The molecule has 150 valence electrons. The van der Waals surface area contributed by atoms with Gasteiger partial charge in [0, 0.05) is 28.9 Å². The Hall–Kier alpha value is -2.61. The second kappa shape index (κ2) is 8.82. The maximum Gasteiger partial charge on any atom is 0.0630 e. The molecular weight excluding hydrogens is 352 g/mol. The molecule has 0 radical (unpaired) electrons. The van der Waals surface area contributed by atoms with Gasteiger partial charge in [-0.05, 0) is 80.5 Å². The van der Waals surface area contributed by atoms with E-state index < -0.39 is 0 Å². The molecule has 0 unspecified atom stereocenters. The quantitative estimate of drug-likeness (QED) is 0.406. The molecule has 0 amide bonds. The molecule has 0 atom stereocenters. The van der Waals surface area contributed by atoms with Crippen molar-refractivity contribution in [2.24, 2.45) is 4.99 Å². The molecule has 3 aromatic rings. The molecule has 2 heteroatoms. The molecule has 0 spiro atoms. The van der Waals surface area contributed by atoms with Crippen molar-refractivity contribution in [2.75, 3.05) is 0 Å². The minimum atomic E-state index is 0.750. The van der Waals surface area contributed by atoms with E-state index in [-0.39, 0.29) is 0 Å². The lowest BCUT2D eigenvalue weighted by atomic mass is 9.84. The first-order valence-electron chi connectivity index (χ1n) is 11.1. The normalized spacial score (nSPS) is 15.3. The van der Waals surface area contributed by atoms with E-state index in [9.17, 15) is 0 Å². The van der Waals surface area contributed by atoms with Crippen LogP contribution in [0.3, 0.4) is 0 Å². The predicted molar refractivity (Wildman–Crippen MR) is 124 cm³/mol. The zero-order chi connectivity index (χ0) is 20.2. The Morgan fingerprint density at radius 2 is 1.62 bits per heavy atom. The van der Waals surface area contributed by atoms with E-state index >= 15 is 0 Å². The van der Waals surface area contributed by atoms with Gasteiger partial charge in [-0.3, -0.25) is 4.99 Å². The lowest BCUT2D eigenvalue weighted by Crippen LogP contribution is -2.03. The molecule has 0 saturated heterocycles. The van der Waals surface area contributed by atoms with Crippen molar-refractivity contribution in [3.8, 4) is 5.69 Å². The van der Waals surface area contributed by atoms with Crippen LogP contribution in [0.5, 0.6) is 0 Å². The van der Waals surface area contributed by atoms with Gasteiger partial charge in [-0.25, -0.2) is 0 Å². The van der Waals surface area contributed by atoms with E-state index in [1.54, 1.807) is 0 Å². The van der Waals surface area contributed by atoms with Gasteiger partial charge in [0.1, 0.15) is 0 Å². The molecule has 29 heavy (non-hydrogen) atoms. The number of hydrogen-bond acceptors (Lipinski definition) is 1. The lowest BCUT2D eigenvalue weighted by Gasteiger charge is -2.21. The van der Waals surface area contributed by atoms with E-state index in [1.165, 1.54) is 65.9 Å². The van der Waals surface area contributed by atoms with Crippen molar-refractivity contribution in [1.29, 1.82) is 0 Å². The summed E-state index contributed by atoms with van der Waals surface area (Å²) in [5.41, 5.74) is 8.75. The third kappa shape index (κ3) is 4.37. The second-order valence-corrected chi connectivity index (χ2v) is 8.37. The van der Waals surface area contributed by atoms with Crippen molar-refractivity contribution >= 4 is 11.9 Å². The average molecular weight is 385 g/mol. The van der Waals surface area contributed by atoms with Crippen molar-refractivity contribution in [2.45, 2.75) is 65.2 Å². The van der Waals surface area contributed by atoms with Gasteiger partial charge in [-0.1, -0.05) is 50.5 Å². The van der Waals surface area contributed by atoms with E-state index in [1.807, 2.05) is 6.21 Å². The third-order valence-electron chi connectivity index (χ3n) is 6.40. The Morgan fingerprint density at radius 1 is 0.931 bits per heavy atom. The van der Waals surface area contributed by atoms with E-state index in [0.29, 0.717) is 0 Å². The third-order valence-corrected chi connectivity index (χ3v) is 6.40. The molecule has 0 N–H and O–H groups in total. The van der Waals surface area contributed by atoms with Crippen molar-refractivity contribution in [1.82, 2.24) is 4.57 Å². The van der Waals surface area contributed by atoms with Crippen LogP contribution in [0.15, 0.2) is 59.6 Å². The highest BCUT2D eigenvalue weighted by molar-refractivity contribution is 5.84. The Kier molecular flexibility index (Phi) is 5.99. The van der Waals surface area contributed by atoms with Crippen LogP contribution in [0, 0.1) is 13.8 Å². The molecule has 1 aromatic heterocycles. The van der Waals surface area contributed by atoms with Crippen molar-refractivity contribution in [3.63, 3.8) is 0 Å². The zero-order valence-corrected chi connectivity index (χ0v) is 18.0. The fourth-order valence-corrected chi connectivity index (χ4v) is 4.61. The maximum atomic E-state index is 4.76. The van der Waals surface area contributed by atoms with Crippen molar-refractivity contribution in [3.05, 3.63) is 82.7 Å². The van der Waals surface area contributed by atoms with Crippen LogP contribution in [0.4, 0.5) is 5.69 Å². The summed E-state index contributed by atoms with van der Waals surface area (Å²) >= 11 is 0. The molecule has 4 rings (SSSR count). The number of aryl methyl sites for hydroxylation is 2. The van der Waals surface area contributed by atoms with Crippen LogP contribution in [-0.2, 0) is 6.42 Å². The van der Waals surface area contributed by atoms with Crippen LogP contribution in [-0.4, -0.2) is 10.8 Å². The van der Waals surface area contributed by atoms with E-state index in [4.69, 9.17) is 4.99 Å². The Balaban J connectivity index is 1.52. The summed E-state index contributed by atoms with van der Waals surface area (Å²) in [6, 6.07) is 20.0. The van der Waals surface area contributed by atoms with E-state index in [2.05, 4.69) is 79.9 Å². The molecule has 2 nitrogen and oxygen atoms in total. The maximum absolute atomic E-state index is 4.76. The standard InChI is InChI=1S/C27H32N2/c1-4-22-10-16-27(17-11-22)29-20(2)18-25(21(29)3)19-28-26-14-12-24(13-15-26)23-8-6-5-7-9-23/h10-19,23H,4-9H2,1-3H3. The monoisotopic (exact) mass is 384 g/mol. The second-order valence-electron chi connectivity index (χ2n) is 8.37. The minimum absolute atomic E-state index is 0.750. The van der Waals surface area contributed by atoms with Gasteiger partial charge in [0.15, 0.2) is 0 Å². The largest absolute Gasteiger partial charge is 0.318 e. The van der Waals surface area contributed by atoms with Gasteiger partial charge in [0.25, 0.3) is 0 Å². The predicted octanol–water partition coefficient (Wildman–Crippen LogP) is 7.45. The molecule has 2 aromatic carbocycles. The molecule has 1 aliphatic carbocycles. The first-order chi connectivity index (χ1) is 14.2.